The van der Waals surface area contributed by atoms with Crippen molar-refractivity contribution in [3.05, 3.63) is 42.5 Å². The summed E-state index contributed by atoms with van der Waals surface area (Å²) >= 11 is 0. The second kappa shape index (κ2) is 9.04. The Morgan fingerprint density at radius 2 is 1.70 bits per heavy atom. The SMILES string of the molecule is O=C(N[C@H]1CCCC[C@@H]1CO)C1CCN(S(=O)(=O)c2ccc3ccccc3c2)CC1. The molecular formula is C23H30N2O4S. The van der Waals surface area contributed by atoms with E-state index >= 15 is 0 Å². The molecule has 2 aromatic carbocycles. The number of carbonyl (C=O) groups excluding carboxylic acids is 1. The summed E-state index contributed by atoms with van der Waals surface area (Å²) in [5.41, 5.74) is 0. The van der Waals surface area contributed by atoms with Crippen molar-refractivity contribution in [2.75, 3.05) is 19.7 Å². The average Bonchev–Trinajstić information content (AvgIpc) is 2.79. The van der Waals surface area contributed by atoms with Gasteiger partial charge in [0.1, 0.15) is 0 Å². The summed E-state index contributed by atoms with van der Waals surface area (Å²) in [7, 11) is -3.57. The van der Waals surface area contributed by atoms with Gasteiger partial charge in [-0.05, 0) is 48.6 Å². The molecule has 1 saturated carbocycles. The van der Waals surface area contributed by atoms with Crippen LogP contribution in [-0.4, -0.2) is 49.5 Å². The van der Waals surface area contributed by atoms with Gasteiger partial charge < -0.3 is 10.4 Å². The molecule has 1 heterocycles. The highest BCUT2D eigenvalue weighted by Gasteiger charge is 2.34. The summed E-state index contributed by atoms with van der Waals surface area (Å²) in [6, 6.07) is 13.0. The Kier molecular flexibility index (Phi) is 6.41. The van der Waals surface area contributed by atoms with Gasteiger partial charge in [0.05, 0.1) is 4.90 Å². The Labute approximate surface area is 178 Å². The van der Waals surface area contributed by atoms with Crippen molar-refractivity contribution < 1.29 is 18.3 Å². The molecule has 162 valence electrons. The fourth-order valence-electron chi connectivity index (χ4n) is 4.75. The molecule has 1 aliphatic heterocycles. The first-order chi connectivity index (χ1) is 14.5. The normalized spacial score (nSPS) is 24.0. The Morgan fingerprint density at radius 1 is 1.00 bits per heavy atom. The highest BCUT2D eigenvalue weighted by atomic mass is 32.2. The number of aliphatic hydroxyl groups excluding tert-OH is 1. The first kappa shape index (κ1) is 21.3. The minimum Gasteiger partial charge on any atom is -0.396 e. The predicted octanol–water partition coefficient (Wildman–Crippen LogP) is 2.91. The van der Waals surface area contributed by atoms with Gasteiger partial charge in [-0.1, -0.05) is 43.2 Å². The van der Waals surface area contributed by atoms with E-state index in [-0.39, 0.29) is 30.4 Å². The molecule has 0 radical (unpaired) electrons. The van der Waals surface area contributed by atoms with Crippen molar-refractivity contribution in [1.29, 1.82) is 0 Å². The molecule has 0 aromatic heterocycles. The molecule has 2 N–H and O–H groups in total. The lowest BCUT2D eigenvalue weighted by Gasteiger charge is -2.34. The number of nitrogens with zero attached hydrogens (tertiary/aromatic N) is 1. The molecule has 6 nitrogen and oxygen atoms in total. The molecule has 2 aliphatic rings. The van der Waals surface area contributed by atoms with E-state index in [1.165, 1.54) is 4.31 Å². The number of piperidine rings is 1. The van der Waals surface area contributed by atoms with E-state index in [0.29, 0.717) is 30.8 Å². The Hall–Kier alpha value is -1.96. The minimum absolute atomic E-state index is 0.00287. The van der Waals surface area contributed by atoms with Crippen LogP contribution in [0, 0.1) is 11.8 Å². The lowest BCUT2D eigenvalue weighted by molar-refractivity contribution is -0.127. The summed E-state index contributed by atoms with van der Waals surface area (Å²) in [6.45, 7) is 0.802. The first-order valence-electron chi connectivity index (χ1n) is 10.9. The van der Waals surface area contributed by atoms with Crippen LogP contribution in [0.1, 0.15) is 38.5 Å². The highest BCUT2D eigenvalue weighted by Crippen LogP contribution is 2.28. The third kappa shape index (κ3) is 4.38. The van der Waals surface area contributed by atoms with Crippen molar-refractivity contribution in [2.24, 2.45) is 11.8 Å². The fourth-order valence-corrected chi connectivity index (χ4v) is 6.26. The fraction of sp³-hybridized carbons (Fsp3) is 0.522. The Balaban J connectivity index is 1.38. The average molecular weight is 431 g/mol. The summed E-state index contributed by atoms with van der Waals surface area (Å²) < 4.78 is 27.7. The number of carbonyl (C=O) groups is 1. The predicted molar refractivity (Wildman–Crippen MR) is 116 cm³/mol. The summed E-state index contributed by atoms with van der Waals surface area (Å²) in [4.78, 5) is 13.0. The van der Waals surface area contributed by atoms with Gasteiger partial charge in [0.25, 0.3) is 0 Å². The van der Waals surface area contributed by atoms with Gasteiger partial charge in [0.2, 0.25) is 15.9 Å². The Morgan fingerprint density at radius 3 is 2.43 bits per heavy atom. The van der Waals surface area contributed by atoms with E-state index in [2.05, 4.69) is 5.32 Å². The molecule has 1 amide bonds. The number of fused-ring (bicyclic) bond motifs is 1. The van der Waals surface area contributed by atoms with Crippen LogP contribution >= 0.6 is 0 Å². The van der Waals surface area contributed by atoms with E-state index in [1.807, 2.05) is 30.3 Å². The van der Waals surface area contributed by atoms with Gasteiger partial charge >= 0.3 is 0 Å². The lowest BCUT2D eigenvalue weighted by atomic mass is 9.84. The topological polar surface area (TPSA) is 86.7 Å². The monoisotopic (exact) mass is 430 g/mol. The number of hydrogen-bond donors (Lipinski definition) is 2. The van der Waals surface area contributed by atoms with Gasteiger partial charge in [0.15, 0.2) is 0 Å². The molecule has 7 heteroatoms. The van der Waals surface area contributed by atoms with Gasteiger partial charge in [-0.3, -0.25) is 4.79 Å². The number of aliphatic hydroxyl groups is 1. The van der Waals surface area contributed by atoms with Crippen LogP contribution in [0.25, 0.3) is 10.8 Å². The standard InChI is InChI=1S/C23H30N2O4S/c26-16-20-7-3-4-8-22(20)24-23(27)18-11-13-25(14-12-18)30(28,29)21-10-9-17-5-1-2-6-19(17)15-21/h1-2,5-6,9-10,15,18,20,22,26H,3-4,7-8,11-14,16H2,(H,24,27)/t20-,22+/m1/s1. The molecule has 2 fully saturated rings. The number of sulfonamides is 1. The van der Waals surface area contributed by atoms with Crippen molar-refractivity contribution in [3.8, 4) is 0 Å². The van der Waals surface area contributed by atoms with Crippen LogP contribution in [0.3, 0.4) is 0 Å². The van der Waals surface area contributed by atoms with Crippen LogP contribution in [0.5, 0.6) is 0 Å². The van der Waals surface area contributed by atoms with Crippen LogP contribution in [-0.2, 0) is 14.8 Å². The van der Waals surface area contributed by atoms with Crippen molar-refractivity contribution in [1.82, 2.24) is 9.62 Å². The zero-order valence-electron chi connectivity index (χ0n) is 17.2. The third-order valence-corrected chi connectivity index (χ3v) is 8.55. The maximum atomic E-state index is 13.1. The molecule has 2 aromatic rings. The quantitative estimate of drug-likeness (QED) is 0.764. The van der Waals surface area contributed by atoms with E-state index in [4.69, 9.17) is 0 Å². The van der Waals surface area contributed by atoms with Crippen LogP contribution in [0.15, 0.2) is 47.4 Å². The third-order valence-electron chi connectivity index (χ3n) is 6.65. The molecule has 0 unspecified atom stereocenters. The van der Waals surface area contributed by atoms with Gasteiger partial charge in [-0.25, -0.2) is 8.42 Å². The van der Waals surface area contributed by atoms with Gasteiger partial charge in [-0.15, -0.1) is 0 Å². The minimum atomic E-state index is -3.57. The highest BCUT2D eigenvalue weighted by molar-refractivity contribution is 7.89. The summed E-state index contributed by atoms with van der Waals surface area (Å²) in [5.74, 6) is -0.0338. The van der Waals surface area contributed by atoms with Gasteiger partial charge in [0, 0.05) is 37.6 Å². The van der Waals surface area contributed by atoms with Crippen molar-refractivity contribution in [3.63, 3.8) is 0 Å². The number of amides is 1. The molecule has 4 rings (SSSR count). The van der Waals surface area contributed by atoms with E-state index < -0.39 is 10.0 Å². The number of benzene rings is 2. The maximum Gasteiger partial charge on any atom is 0.243 e. The molecule has 1 aliphatic carbocycles. The zero-order chi connectivity index (χ0) is 21.1. The van der Waals surface area contributed by atoms with Crippen LogP contribution in [0.2, 0.25) is 0 Å². The molecule has 0 bridgehead atoms. The number of rotatable bonds is 5. The lowest BCUT2D eigenvalue weighted by Crippen LogP contribution is -2.48. The van der Waals surface area contributed by atoms with E-state index in [1.54, 1.807) is 12.1 Å². The maximum absolute atomic E-state index is 13.1. The number of hydrogen-bond acceptors (Lipinski definition) is 4. The molecule has 2 atom stereocenters. The molecule has 0 spiro atoms. The van der Waals surface area contributed by atoms with Crippen molar-refractivity contribution in [2.45, 2.75) is 49.5 Å². The first-order valence-corrected chi connectivity index (χ1v) is 12.3. The second-order valence-corrected chi connectivity index (χ2v) is 10.5. The molecule has 30 heavy (non-hydrogen) atoms. The zero-order valence-corrected chi connectivity index (χ0v) is 18.0. The second-order valence-electron chi connectivity index (χ2n) is 8.53. The summed E-state index contributed by atoms with van der Waals surface area (Å²) in [6.07, 6.45) is 5.08. The van der Waals surface area contributed by atoms with E-state index in [0.717, 1.165) is 36.5 Å². The Bertz CT molecular complexity index is 999. The summed E-state index contributed by atoms with van der Waals surface area (Å²) in [5, 5.41) is 14.6. The number of nitrogens with one attached hydrogen (secondary N) is 1. The van der Waals surface area contributed by atoms with Crippen LogP contribution < -0.4 is 5.32 Å². The molecule has 1 saturated heterocycles. The van der Waals surface area contributed by atoms with E-state index in [9.17, 15) is 18.3 Å². The van der Waals surface area contributed by atoms with Gasteiger partial charge in [-0.2, -0.15) is 4.31 Å². The largest absolute Gasteiger partial charge is 0.396 e. The van der Waals surface area contributed by atoms with Crippen molar-refractivity contribution >= 4 is 26.7 Å². The van der Waals surface area contributed by atoms with Crippen LogP contribution in [0.4, 0.5) is 0 Å². The smallest absolute Gasteiger partial charge is 0.243 e. The molecular weight excluding hydrogens is 400 g/mol.